The molecule has 1 aliphatic rings. The molecule has 0 spiro atoms. The Bertz CT molecular complexity index is 533. The molecular weight excluding hydrogens is 278 g/mol. The van der Waals surface area contributed by atoms with Crippen molar-refractivity contribution in [1.29, 1.82) is 0 Å². The minimum atomic E-state index is -0.588. The number of nitrogens with one attached hydrogen (secondary N) is 2. The van der Waals surface area contributed by atoms with Crippen LogP contribution in [0.2, 0.25) is 5.02 Å². The SMILES string of the molecule is CC1CCCNC1C(=O)Nc1ccc(C(N)=O)c(Cl)c1. The molecule has 4 N–H and O–H groups in total. The van der Waals surface area contributed by atoms with Crippen molar-refractivity contribution in [2.24, 2.45) is 11.7 Å². The molecule has 6 heteroatoms. The fourth-order valence-electron chi connectivity index (χ4n) is 2.41. The van der Waals surface area contributed by atoms with Crippen molar-refractivity contribution in [3.05, 3.63) is 28.8 Å². The third-order valence-corrected chi connectivity index (χ3v) is 3.87. The molecule has 0 aromatic heterocycles. The average molecular weight is 296 g/mol. The number of carbonyl (C=O) groups excluding carboxylic acids is 2. The van der Waals surface area contributed by atoms with Gasteiger partial charge in [-0.05, 0) is 43.5 Å². The maximum Gasteiger partial charge on any atom is 0.250 e. The lowest BCUT2D eigenvalue weighted by atomic mass is 9.92. The number of benzene rings is 1. The molecule has 1 aromatic rings. The standard InChI is InChI=1S/C14H18ClN3O2/c1-8-3-2-6-17-12(8)14(20)18-9-4-5-10(13(16)19)11(15)7-9/h4-5,7-8,12,17H,2-3,6H2,1H3,(H2,16,19)(H,18,20). The van der Waals surface area contributed by atoms with Crippen LogP contribution < -0.4 is 16.4 Å². The van der Waals surface area contributed by atoms with Gasteiger partial charge in [-0.2, -0.15) is 0 Å². The summed E-state index contributed by atoms with van der Waals surface area (Å²) in [6.45, 7) is 2.91. The van der Waals surface area contributed by atoms with Crippen LogP contribution in [0.15, 0.2) is 18.2 Å². The number of hydrogen-bond acceptors (Lipinski definition) is 3. The largest absolute Gasteiger partial charge is 0.366 e. The first-order valence-corrected chi connectivity index (χ1v) is 7.00. The smallest absolute Gasteiger partial charge is 0.250 e. The van der Waals surface area contributed by atoms with E-state index in [1.807, 2.05) is 0 Å². The zero-order chi connectivity index (χ0) is 14.7. The summed E-state index contributed by atoms with van der Waals surface area (Å²) >= 11 is 5.95. The molecule has 2 rings (SSSR count). The average Bonchev–Trinajstić information content (AvgIpc) is 2.38. The van der Waals surface area contributed by atoms with Gasteiger partial charge in [0.25, 0.3) is 0 Å². The summed E-state index contributed by atoms with van der Waals surface area (Å²) in [5.41, 5.74) is 5.98. The Balaban J connectivity index is 2.08. The second-order valence-electron chi connectivity index (χ2n) is 5.10. The Morgan fingerprint density at radius 1 is 1.45 bits per heavy atom. The van der Waals surface area contributed by atoms with Crippen molar-refractivity contribution in [1.82, 2.24) is 5.32 Å². The van der Waals surface area contributed by atoms with Crippen LogP contribution in [-0.2, 0) is 4.79 Å². The summed E-state index contributed by atoms with van der Waals surface area (Å²) in [6.07, 6.45) is 2.12. The molecule has 1 heterocycles. The van der Waals surface area contributed by atoms with E-state index < -0.39 is 5.91 Å². The lowest BCUT2D eigenvalue weighted by Crippen LogP contribution is -2.48. The van der Waals surface area contributed by atoms with Crippen molar-refractivity contribution < 1.29 is 9.59 Å². The summed E-state index contributed by atoms with van der Waals surface area (Å²) in [5.74, 6) is -0.375. The van der Waals surface area contributed by atoms with E-state index in [4.69, 9.17) is 17.3 Å². The number of carbonyl (C=O) groups is 2. The summed E-state index contributed by atoms with van der Waals surface area (Å²) in [7, 11) is 0. The first-order chi connectivity index (χ1) is 9.49. The van der Waals surface area contributed by atoms with Crippen LogP contribution in [-0.4, -0.2) is 24.4 Å². The molecule has 5 nitrogen and oxygen atoms in total. The van der Waals surface area contributed by atoms with Gasteiger partial charge >= 0.3 is 0 Å². The van der Waals surface area contributed by atoms with Gasteiger partial charge in [0, 0.05) is 5.69 Å². The Morgan fingerprint density at radius 2 is 2.20 bits per heavy atom. The number of amides is 2. The number of nitrogens with two attached hydrogens (primary N) is 1. The quantitative estimate of drug-likeness (QED) is 0.794. The highest BCUT2D eigenvalue weighted by Crippen LogP contribution is 2.22. The van der Waals surface area contributed by atoms with Gasteiger partial charge in [-0.1, -0.05) is 18.5 Å². The van der Waals surface area contributed by atoms with Crippen molar-refractivity contribution >= 4 is 29.1 Å². The molecule has 20 heavy (non-hydrogen) atoms. The topological polar surface area (TPSA) is 84.2 Å². The predicted molar refractivity (Wildman–Crippen MR) is 78.8 cm³/mol. The van der Waals surface area contributed by atoms with Crippen LogP contribution in [0, 0.1) is 5.92 Å². The maximum absolute atomic E-state index is 12.2. The van der Waals surface area contributed by atoms with Gasteiger partial charge in [0.05, 0.1) is 16.6 Å². The van der Waals surface area contributed by atoms with Gasteiger partial charge < -0.3 is 16.4 Å². The molecule has 2 unspecified atom stereocenters. The Kier molecular flexibility index (Phi) is 4.62. The fraction of sp³-hybridized carbons (Fsp3) is 0.429. The van der Waals surface area contributed by atoms with Gasteiger partial charge in [0.2, 0.25) is 11.8 Å². The van der Waals surface area contributed by atoms with E-state index in [0.717, 1.165) is 19.4 Å². The lowest BCUT2D eigenvalue weighted by Gasteiger charge is -2.28. The molecule has 0 bridgehead atoms. The monoisotopic (exact) mass is 295 g/mol. The Hall–Kier alpha value is -1.59. The zero-order valence-corrected chi connectivity index (χ0v) is 12.0. The van der Waals surface area contributed by atoms with Gasteiger partial charge in [-0.15, -0.1) is 0 Å². The van der Waals surface area contributed by atoms with Gasteiger partial charge in [0.1, 0.15) is 0 Å². The van der Waals surface area contributed by atoms with Crippen LogP contribution in [0.4, 0.5) is 5.69 Å². The van der Waals surface area contributed by atoms with E-state index in [1.165, 1.54) is 12.1 Å². The lowest BCUT2D eigenvalue weighted by molar-refractivity contribution is -0.119. The van der Waals surface area contributed by atoms with E-state index in [9.17, 15) is 9.59 Å². The number of primary amides is 1. The van der Waals surface area contributed by atoms with Gasteiger partial charge in [-0.25, -0.2) is 0 Å². The Labute approximate surface area is 122 Å². The van der Waals surface area contributed by atoms with E-state index >= 15 is 0 Å². The van der Waals surface area contributed by atoms with Crippen LogP contribution >= 0.6 is 11.6 Å². The number of rotatable bonds is 3. The second kappa shape index (κ2) is 6.24. The molecule has 0 radical (unpaired) electrons. The van der Waals surface area contributed by atoms with Crippen LogP contribution in [0.3, 0.4) is 0 Å². The molecular formula is C14H18ClN3O2. The minimum absolute atomic E-state index is 0.0832. The van der Waals surface area contributed by atoms with Gasteiger partial charge in [-0.3, -0.25) is 9.59 Å². The number of hydrogen-bond donors (Lipinski definition) is 3. The molecule has 0 saturated carbocycles. The van der Waals surface area contributed by atoms with E-state index in [0.29, 0.717) is 11.6 Å². The third kappa shape index (κ3) is 3.29. The second-order valence-corrected chi connectivity index (χ2v) is 5.51. The molecule has 1 saturated heterocycles. The van der Waals surface area contributed by atoms with Crippen LogP contribution in [0.25, 0.3) is 0 Å². The highest BCUT2D eigenvalue weighted by Gasteiger charge is 2.27. The molecule has 108 valence electrons. The Morgan fingerprint density at radius 3 is 2.80 bits per heavy atom. The first-order valence-electron chi connectivity index (χ1n) is 6.62. The van der Waals surface area contributed by atoms with Crippen LogP contribution in [0.5, 0.6) is 0 Å². The molecule has 1 fully saturated rings. The summed E-state index contributed by atoms with van der Waals surface area (Å²) in [4.78, 5) is 23.3. The molecule has 1 aromatic carbocycles. The number of anilines is 1. The first kappa shape index (κ1) is 14.8. The minimum Gasteiger partial charge on any atom is -0.366 e. The summed E-state index contributed by atoms with van der Waals surface area (Å²) in [6, 6.07) is 4.47. The van der Waals surface area contributed by atoms with Crippen LogP contribution in [0.1, 0.15) is 30.1 Å². The molecule has 0 aliphatic carbocycles. The highest BCUT2D eigenvalue weighted by molar-refractivity contribution is 6.34. The third-order valence-electron chi connectivity index (χ3n) is 3.55. The zero-order valence-electron chi connectivity index (χ0n) is 11.3. The van der Waals surface area contributed by atoms with E-state index in [-0.39, 0.29) is 22.5 Å². The molecule has 2 amide bonds. The normalized spacial score (nSPS) is 22.3. The molecule has 2 atom stereocenters. The maximum atomic E-state index is 12.2. The van der Waals surface area contributed by atoms with E-state index in [1.54, 1.807) is 6.07 Å². The number of halogens is 1. The highest BCUT2D eigenvalue weighted by atomic mass is 35.5. The van der Waals surface area contributed by atoms with Crippen molar-refractivity contribution in [3.63, 3.8) is 0 Å². The van der Waals surface area contributed by atoms with Crippen molar-refractivity contribution in [2.45, 2.75) is 25.8 Å². The fourth-order valence-corrected chi connectivity index (χ4v) is 2.69. The van der Waals surface area contributed by atoms with Crippen molar-refractivity contribution in [3.8, 4) is 0 Å². The summed E-state index contributed by atoms with van der Waals surface area (Å²) in [5, 5.41) is 6.26. The summed E-state index contributed by atoms with van der Waals surface area (Å²) < 4.78 is 0. The van der Waals surface area contributed by atoms with Gasteiger partial charge in [0.15, 0.2) is 0 Å². The number of piperidine rings is 1. The predicted octanol–water partition coefficient (Wildman–Crippen LogP) is 1.77. The van der Waals surface area contributed by atoms with E-state index in [2.05, 4.69) is 17.6 Å². The molecule has 1 aliphatic heterocycles. The van der Waals surface area contributed by atoms with Crippen molar-refractivity contribution in [2.75, 3.05) is 11.9 Å².